The van der Waals surface area contributed by atoms with Crippen molar-refractivity contribution in [2.24, 2.45) is 4.36 Å². The number of alkyl halides is 3. The molecule has 30 heavy (non-hydrogen) atoms. The molecule has 1 aliphatic rings. The lowest BCUT2D eigenvalue weighted by molar-refractivity contribution is -0.138. The predicted molar refractivity (Wildman–Crippen MR) is 104 cm³/mol. The number of fused-ring (bicyclic) bond motifs is 1. The zero-order chi connectivity index (χ0) is 21.5. The van der Waals surface area contributed by atoms with Crippen molar-refractivity contribution in [1.82, 2.24) is 4.98 Å². The SMILES string of the molecule is Cc1occ(C(F)(F)F)c1C(=O)N=S1(=O)CCCN(c2nc3ccccc3o2)CC1. The maximum absolute atomic E-state index is 13.2. The summed E-state index contributed by atoms with van der Waals surface area (Å²) < 4.78 is 66.8. The van der Waals surface area contributed by atoms with E-state index in [9.17, 15) is 22.2 Å². The monoisotopic (exact) mass is 441 g/mol. The van der Waals surface area contributed by atoms with Crippen molar-refractivity contribution in [3.63, 3.8) is 0 Å². The normalized spacial score (nSPS) is 20.3. The molecule has 1 fully saturated rings. The Kier molecular flexibility index (Phi) is 5.08. The summed E-state index contributed by atoms with van der Waals surface area (Å²) in [5, 5.41) is 0. The van der Waals surface area contributed by atoms with E-state index in [0.717, 1.165) is 0 Å². The molecule has 0 spiro atoms. The second-order valence-electron chi connectivity index (χ2n) is 6.96. The second-order valence-corrected chi connectivity index (χ2v) is 9.50. The number of hydrogen-bond donors (Lipinski definition) is 0. The first kappa shape index (κ1) is 20.5. The van der Waals surface area contributed by atoms with E-state index in [4.69, 9.17) is 8.83 Å². The van der Waals surface area contributed by atoms with Gasteiger partial charge in [-0.1, -0.05) is 12.1 Å². The van der Waals surface area contributed by atoms with Crippen molar-refractivity contribution in [3.8, 4) is 0 Å². The lowest BCUT2D eigenvalue weighted by atomic mass is 10.1. The summed E-state index contributed by atoms with van der Waals surface area (Å²) in [6, 6.07) is 7.62. The van der Waals surface area contributed by atoms with Crippen LogP contribution in [-0.4, -0.2) is 39.7 Å². The smallest absolute Gasteiger partial charge is 0.420 e. The van der Waals surface area contributed by atoms with Crippen LogP contribution in [0.3, 0.4) is 0 Å². The Hall–Kier alpha value is -2.82. The van der Waals surface area contributed by atoms with Crippen LogP contribution in [0.25, 0.3) is 11.1 Å². The molecule has 3 heterocycles. The zero-order valence-electron chi connectivity index (χ0n) is 15.9. The highest BCUT2D eigenvalue weighted by molar-refractivity contribution is 7.93. The minimum absolute atomic E-state index is 0.00964. The van der Waals surface area contributed by atoms with Crippen molar-refractivity contribution in [2.45, 2.75) is 19.5 Å². The highest BCUT2D eigenvalue weighted by Gasteiger charge is 2.39. The maximum Gasteiger partial charge on any atom is 0.420 e. The molecular weight excluding hydrogens is 423 g/mol. The van der Waals surface area contributed by atoms with Gasteiger partial charge in [0.05, 0.1) is 15.3 Å². The first-order chi connectivity index (χ1) is 14.2. The van der Waals surface area contributed by atoms with Crippen molar-refractivity contribution in [2.75, 3.05) is 29.5 Å². The van der Waals surface area contributed by atoms with E-state index in [1.54, 1.807) is 11.0 Å². The number of para-hydroxylation sites is 2. The number of halogens is 3. The number of rotatable bonds is 2. The van der Waals surface area contributed by atoms with Gasteiger partial charge in [-0.2, -0.15) is 22.5 Å². The highest BCUT2D eigenvalue weighted by atomic mass is 32.2. The van der Waals surface area contributed by atoms with Crippen LogP contribution in [0.4, 0.5) is 19.2 Å². The Bertz CT molecular complexity index is 1190. The summed E-state index contributed by atoms with van der Waals surface area (Å²) >= 11 is 0. The van der Waals surface area contributed by atoms with Gasteiger partial charge in [0, 0.05) is 24.6 Å². The van der Waals surface area contributed by atoms with Crippen LogP contribution in [0.2, 0.25) is 0 Å². The maximum atomic E-state index is 13.2. The molecule has 0 bridgehead atoms. The van der Waals surface area contributed by atoms with Gasteiger partial charge < -0.3 is 13.7 Å². The van der Waals surface area contributed by atoms with E-state index in [0.29, 0.717) is 36.3 Å². The lowest BCUT2D eigenvalue weighted by Gasteiger charge is -2.16. The number of oxazole rings is 1. The first-order valence-corrected chi connectivity index (χ1v) is 11.0. The highest BCUT2D eigenvalue weighted by Crippen LogP contribution is 2.35. The van der Waals surface area contributed by atoms with Gasteiger partial charge in [0.15, 0.2) is 5.58 Å². The molecule has 0 aliphatic carbocycles. The van der Waals surface area contributed by atoms with Gasteiger partial charge in [0.25, 0.3) is 11.9 Å². The molecule has 4 rings (SSSR count). The summed E-state index contributed by atoms with van der Waals surface area (Å²) in [5.74, 6) is -1.28. The fourth-order valence-corrected chi connectivity index (χ4v) is 5.22. The van der Waals surface area contributed by atoms with Crippen LogP contribution in [0.5, 0.6) is 0 Å². The summed E-state index contributed by atoms with van der Waals surface area (Å²) in [6.45, 7) is 1.97. The number of nitrogens with zero attached hydrogens (tertiary/aromatic N) is 3. The van der Waals surface area contributed by atoms with E-state index < -0.39 is 32.9 Å². The number of hydrogen-bond acceptors (Lipinski definition) is 6. The van der Waals surface area contributed by atoms with Crippen LogP contribution < -0.4 is 4.90 Å². The molecule has 1 atom stereocenters. The molecule has 0 N–H and O–H groups in total. The molecule has 2 aromatic heterocycles. The number of carbonyl (C=O) groups excluding carboxylic acids is 1. The molecule has 1 unspecified atom stereocenters. The van der Waals surface area contributed by atoms with Crippen LogP contribution in [0.15, 0.2) is 43.7 Å². The van der Waals surface area contributed by atoms with Crippen LogP contribution in [0, 0.1) is 6.92 Å². The molecule has 160 valence electrons. The van der Waals surface area contributed by atoms with E-state index in [1.807, 2.05) is 18.2 Å². The number of benzene rings is 1. The van der Waals surface area contributed by atoms with E-state index in [2.05, 4.69) is 9.35 Å². The molecule has 1 aliphatic heterocycles. The average molecular weight is 441 g/mol. The van der Waals surface area contributed by atoms with Crippen LogP contribution >= 0.6 is 0 Å². The quantitative estimate of drug-likeness (QED) is 0.590. The van der Waals surface area contributed by atoms with Crippen LogP contribution in [0.1, 0.15) is 28.1 Å². The Morgan fingerprint density at radius 2 is 2.00 bits per heavy atom. The molecule has 0 saturated carbocycles. The lowest BCUT2D eigenvalue weighted by Crippen LogP contribution is -2.27. The number of carbonyl (C=O) groups is 1. The molecule has 11 heteroatoms. The van der Waals surface area contributed by atoms with E-state index in [-0.39, 0.29) is 23.8 Å². The summed E-state index contributed by atoms with van der Waals surface area (Å²) in [4.78, 5) is 18.7. The molecular formula is C19H18F3N3O4S. The molecule has 1 amide bonds. The summed E-state index contributed by atoms with van der Waals surface area (Å²) in [6.07, 6.45) is -3.87. The van der Waals surface area contributed by atoms with Crippen molar-refractivity contribution < 1.29 is 31.0 Å². The van der Waals surface area contributed by atoms with E-state index >= 15 is 0 Å². The van der Waals surface area contributed by atoms with Crippen molar-refractivity contribution in [3.05, 3.63) is 47.4 Å². The van der Waals surface area contributed by atoms with E-state index in [1.165, 1.54) is 6.92 Å². The molecule has 1 aromatic carbocycles. The third kappa shape index (κ3) is 3.93. The second kappa shape index (κ2) is 7.46. The van der Waals surface area contributed by atoms with Gasteiger partial charge in [-0.15, -0.1) is 0 Å². The Labute approximate surface area is 170 Å². The number of aromatic nitrogens is 1. The zero-order valence-corrected chi connectivity index (χ0v) is 16.8. The topological polar surface area (TPSA) is 88.9 Å². The van der Waals surface area contributed by atoms with Gasteiger partial charge in [-0.05, 0) is 25.5 Å². The number of furan rings is 1. The standard InChI is InChI=1S/C19H18F3N3O4S/c1-12-16(13(11-28-12)19(20,21)22)17(26)24-30(27)9-4-7-25(8-10-30)18-23-14-5-2-3-6-15(14)29-18/h2-3,5-6,11H,4,7-10H2,1H3. The van der Waals surface area contributed by atoms with Gasteiger partial charge >= 0.3 is 6.18 Å². The van der Waals surface area contributed by atoms with Gasteiger partial charge in [-0.3, -0.25) is 4.79 Å². The summed E-state index contributed by atoms with van der Waals surface area (Å²) in [5.41, 5.74) is -0.594. The molecule has 3 aromatic rings. The Morgan fingerprint density at radius 3 is 2.73 bits per heavy atom. The number of aryl methyl sites for hydroxylation is 1. The Balaban J connectivity index is 1.58. The van der Waals surface area contributed by atoms with Gasteiger partial charge in [-0.25, -0.2) is 4.21 Å². The number of anilines is 1. The fourth-order valence-electron chi connectivity index (χ4n) is 3.35. The van der Waals surface area contributed by atoms with Crippen LogP contribution in [-0.2, 0) is 15.9 Å². The molecule has 1 saturated heterocycles. The first-order valence-electron chi connectivity index (χ1n) is 9.19. The largest absolute Gasteiger partial charge is 0.468 e. The van der Waals surface area contributed by atoms with Crippen molar-refractivity contribution in [1.29, 1.82) is 0 Å². The number of amides is 1. The Morgan fingerprint density at radius 1 is 1.23 bits per heavy atom. The molecule has 0 radical (unpaired) electrons. The fraction of sp³-hybridized carbons (Fsp3) is 0.368. The van der Waals surface area contributed by atoms with Gasteiger partial charge in [0.2, 0.25) is 0 Å². The summed E-state index contributed by atoms with van der Waals surface area (Å²) in [7, 11) is -3.05. The minimum atomic E-state index is -4.77. The average Bonchev–Trinajstić information content (AvgIpc) is 3.22. The van der Waals surface area contributed by atoms with Crippen molar-refractivity contribution >= 4 is 32.8 Å². The molecule has 7 nitrogen and oxygen atoms in total. The third-order valence-corrected chi connectivity index (χ3v) is 7.11. The third-order valence-electron chi connectivity index (χ3n) is 4.87. The van der Waals surface area contributed by atoms with Gasteiger partial charge in [0.1, 0.15) is 23.1 Å². The predicted octanol–water partition coefficient (Wildman–Crippen LogP) is 4.27. The minimum Gasteiger partial charge on any atom is -0.468 e.